The van der Waals surface area contributed by atoms with E-state index in [1.54, 1.807) is 13.8 Å². The van der Waals surface area contributed by atoms with Crippen LogP contribution in [0.1, 0.15) is 39.5 Å². The number of carbonyl (C=O) groups excluding carboxylic acids is 2. The molecule has 20 heavy (non-hydrogen) atoms. The van der Waals surface area contributed by atoms with Crippen molar-refractivity contribution in [1.29, 1.82) is 0 Å². The standard InChI is InChI=1S/C14H22N2O4/c1-14(2)10(11(14)13(19)20)12(18)16(7-9(15)17)8-5-3-4-6-8/h8,10-11H,3-7H2,1-2H3,(H2,15,17)(H,19,20)/t10-,11+/m1/s1. The molecule has 0 unspecified atom stereocenters. The van der Waals surface area contributed by atoms with Gasteiger partial charge in [0.15, 0.2) is 0 Å². The molecule has 6 nitrogen and oxygen atoms in total. The molecule has 0 aromatic rings. The van der Waals surface area contributed by atoms with Crippen molar-refractivity contribution in [3.8, 4) is 0 Å². The van der Waals surface area contributed by atoms with E-state index in [9.17, 15) is 19.5 Å². The van der Waals surface area contributed by atoms with Gasteiger partial charge in [0, 0.05) is 6.04 Å². The molecule has 0 bridgehead atoms. The van der Waals surface area contributed by atoms with Gasteiger partial charge in [0.25, 0.3) is 0 Å². The van der Waals surface area contributed by atoms with Crippen LogP contribution >= 0.6 is 0 Å². The topological polar surface area (TPSA) is 101 Å². The maximum Gasteiger partial charge on any atom is 0.307 e. The zero-order valence-electron chi connectivity index (χ0n) is 12.0. The summed E-state index contributed by atoms with van der Waals surface area (Å²) in [4.78, 5) is 36.5. The molecule has 2 saturated carbocycles. The average molecular weight is 282 g/mol. The number of carbonyl (C=O) groups is 3. The lowest BCUT2D eigenvalue weighted by Gasteiger charge is -2.28. The highest BCUT2D eigenvalue weighted by atomic mass is 16.4. The van der Waals surface area contributed by atoms with Crippen LogP contribution in [0.25, 0.3) is 0 Å². The number of nitrogens with two attached hydrogens (primary N) is 1. The quantitative estimate of drug-likeness (QED) is 0.771. The highest BCUT2D eigenvalue weighted by Gasteiger charge is 2.66. The molecular weight excluding hydrogens is 260 g/mol. The van der Waals surface area contributed by atoms with Crippen molar-refractivity contribution in [2.24, 2.45) is 23.0 Å². The van der Waals surface area contributed by atoms with Gasteiger partial charge in [-0.25, -0.2) is 0 Å². The molecule has 2 amide bonds. The fraction of sp³-hybridized carbons (Fsp3) is 0.786. The first-order valence-electron chi connectivity index (χ1n) is 7.08. The Kier molecular flexibility index (Phi) is 3.75. The largest absolute Gasteiger partial charge is 0.481 e. The summed E-state index contributed by atoms with van der Waals surface area (Å²) in [7, 11) is 0. The predicted molar refractivity (Wildman–Crippen MR) is 71.6 cm³/mol. The van der Waals surface area contributed by atoms with Crippen LogP contribution in [0.4, 0.5) is 0 Å². The number of primary amides is 1. The second-order valence-electron chi connectivity index (χ2n) is 6.49. The van der Waals surface area contributed by atoms with E-state index < -0.39 is 29.1 Å². The Morgan fingerprint density at radius 1 is 1.20 bits per heavy atom. The van der Waals surface area contributed by atoms with Crippen LogP contribution < -0.4 is 5.73 Å². The van der Waals surface area contributed by atoms with E-state index in [0.29, 0.717) is 0 Å². The third kappa shape index (κ3) is 2.51. The second-order valence-corrected chi connectivity index (χ2v) is 6.49. The van der Waals surface area contributed by atoms with Crippen molar-refractivity contribution in [1.82, 2.24) is 4.90 Å². The van der Waals surface area contributed by atoms with Gasteiger partial charge in [-0.2, -0.15) is 0 Å². The van der Waals surface area contributed by atoms with Crippen molar-refractivity contribution < 1.29 is 19.5 Å². The highest BCUT2D eigenvalue weighted by molar-refractivity contribution is 5.93. The molecule has 0 aliphatic heterocycles. The third-order valence-corrected chi connectivity index (χ3v) is 4.73. The molecule has 0 spiro atoms. The first-order chi connectivity index (χ1) is 9.26. The Morgan fingerprint density at radius 3 is 2.15 bits per heavy atom. The van der Waals surface area contributed by atoms with Crippen LogP contribution in [0.15, 0.2) is 0 Å². The van der Waals surface area contributed by atoms with Gasteiger partial charge in [-0.1, -0.05) is 26.7 Å². The molecule has 6 heteroatoms. The number of carboxylic acid groups (broad SMARTS) is 1. The number of nitrogens with zero attached hydrogens (tertiary/aromatic N) is 1. The van der Waals surface area contributed by atoms with Gasteiger partial charge in [0.1, 0.15) is 0 Å². The molecule has 2 atom stereocenters. The molecule has 2 fully saturated rings. The molecule has 3 N–H and O–H groups in total. The van der Waals surface area contributed by atoms with Crippen LogP contribution in [0.5, 0.6) is 0 Å². The van der Waals surface area contributed by atoms with Gasteiger partial charge < -0.3 is 15.7 Å². The Bertz CT molecular complexity index is 440. The van der Waals surface area contributed by atoms with Crippen LogP contribution in [0.2, 0.25) is 0 Å². The zero-order chi connectivity index (χ0) is 15.1. The Labute approximate surface area is 118 Å². The lowest BCUT2D eigenvalue weighted by atomic mass is 10.1. The second kappa shape index (κ2) is 5.07. The number of hydrogen-bond donors (Lipinski definition) is 2. The van der Waals surface area contributed by atoms with E-state index in [0.717, 1.165) is 25.7 Å². The van der Waals surface area contributed by atoms with Crippen LogP contribution in [0, 0.1) is 17.3 Å². The molecular formula is C14H22N2O4. The van der Waals surface area contributed by atoms with Crippen molar-refractivity contribution in [2.45, 2.75) is 45.6 Å². The third-order valence-electron chi connectivity index (χ3n) is 4.73. The van der Waals surface area contributed by atoms with E-state index in [2.05, 4.69) is 0 Å². The maximum atomic E-state index is 12.6. The lowest BCUT2D eigenvalue weighted by molar-refractivity contribution is -0.143. The zero-order valence-corrected chi connectivity index (χ0v) is 12.0. The highest BCUT2D eigenvalue weighted by Crippen LogP contribution is 2.59. The number of aliphatic carboxylic acids is 1. The first-order valence-corrected chi connectivity index (χ1v) is 7.08. The van der Waals surface area contributed by atoms with E-state index >= 15 is 0 Å². The van der Waals surface area contributed by atoms with Gasteiger partial charge in [-0.15, -0.1) is 0 Å². The SMILES string of the molecule is CC1(C)[C@H](C(=O)O)[C@@H]1C(=O)N(CC(N)=O)C1CCCC1. The first kappa shape index (κ1) is 14.8. The van der Waals surface area contributed by atoms with Gasteiger partial charge in [-0.3, -0.25) is 14.4 Å². The maximum absolute atomic E-state index is 12.6. The molecule has 2 rings (SSSR count). The summed E-state index contributed by atoms with van der Waals surface area (Å²) in [6, 6.07) is 0.0286. The molecule has 0 heterocycles. The van der Waals surface area contributed by atoms with Crippen molar-refractivity contribution >= 4 is 17.8 Å². The predicted octanol–water partition coefficient (Wildman–Crippen LogP) is 0.600. The Balaban J connectivity index is 2.15. The Hall–Kier alpha value is -1.59. The van der Waals surface area contributed by atoms with E-state index in [1.165, 1.54) is 4.90 Å². The molecule has 0 aromatic carbocycles. The minimum Gasteiger partial charge on any atom is -0.481 e. The fourth-order valence-corrected chi connectivity index (χ4v) is 3.51. The summed E-state index contributed by atoms with van der Waals surface area (Å²) in [5.41, 5.74) is 4.69. The number of amides is 2. The monoisotopic (exact) mass is 282 g/mol. The number of hydrogen-bond acceptors (Lipinski definition) is 3. The Morgan fingerprint density at radius 2 is 1.75 bits per heavy atom. The van der Waals surface area contributed by atoms with Crippen LogP contribution in [-0.2, 0) is 14.4 Å². The van der Waals surface area contributed by atoms with Crippen molar-refractivity contribution in [3.63, 3.8) is 0 Å². The summed E-state index contributed by atoms with van der Waals surface area (Å²) in [6.07, 6.45) is 3.79. The van der Waals surface area contributed by atoms with Gasteiger partial charge in [-0.05, 0) is 18.3 Å². The van der Waals surface area contributed by atoms with Crippen molar-refractivity contribution in [3.05, 3.63) is 0 Å². The summed E-state index contributed by atoms with van der Waals surface area (Å²) in [5.74, 6) is -2.92. The molecule has 0 saturated heterocycles. The molecule has 0 radical (unpaired) electrons. The molecule has 112 valence electrons. The smallest absolute Gasteiger partial charge is 0.307 e. The van der Waals surface area contributed by atoms with Gasteiger partial charge in [0.2, 0.25) is 11.8 Å². The minimum absolute atomic E-state index is 0.0286. The average Bonchev–Trinajstić information content (AvgIpc) is 2.74. The fourth-order valence-electron chi connectivity index (χ4n) is 3.51. The number of carboxylic acids is 1. The minimum atomic E-state index is -0.946. The molecule has 2 aliphatic carbocycles. The lowest BCUT2D eigenvalue weighted by Crippen LogP contribution is -2.45. The van der Waals surface area contributed by atoms with Gasteiger partial charge >= 0.3 is 5.97 Å². The molecule has 0 aromatic heterocycles. The van der Waals surface area contributed by atoms with E-state index in [4.69, 9.17) is 5.73 Å². The van der Waals surface area contributed by atoms with Gasteiger partial charge in [0.05, 0.1) is 18.4 Å². The van der Waals surface area contributed by atoms with E-state index in [1.807, 2.05) is 0 Å². The normalized spacial score (nSPS) is 28.1. The van der Waals surface area contributed by atoms with Crippen molar-refractivity contribution in [2.75, 3.05) is 6.54 Å². The summed E-state index contributed by atoms with van der Waals surface area (Å²) < 4.78 is 0. The summed E-state index contributed by atoms with van der Waals surface area (Å²) >= 11 is 0. The van der Waals surface area contributed by atoms with Crippen LogP contribution in [-0.4, -0.2) is 40.4 Å². The van der Waals surface area contributed by atoms with E-state index in [-0.39, 0.29) is 18.5 Å². The summed E-state index contributed by atoms with van der Waals surface area (Å²) in [5, 5.41) is 9.17. The molecule has 2 aliphatic rings. The summed E-state index contributed by atoms with van der Waals surface area (Å²) in [6.45, 7) is 3.46. The van der Waals surface area contributed by atoms with Crippen LogP contribution in [0.3, 0.4) is 0 Å². The number of rotatable bonds is 5.